The zero-order valence-corrected chi connectivity index (χ0v) is 10.9. The van der Waals surface area contributed by atoms with Crippen LogP contribution in [0.2, 0.25) is 0 Å². The SMILES string of the molecule is CCN(CC)CCNc1nc(OC)ccc1N. The summed E-state index contributed by atoms with van der Waals surface area (Å²) in [6, 6.07) is 3.55. The maximum absolute atomic E-state index is 5.83. The summed E-state index contributed by atoms with van der Waals surface area (Å²) in [7, 11) is 1.60. The third kappa shape index (κ3) is 4.11. The number of hydrogen-bond acceptors (Lipinski definition) is 5. The van der Waals surface area contributed by atoms with Gasteiger partial charge in [0.2, 0.25) is 5.88 Å². The lowest BCUT2D eigenvalue weighted by Gasteiger charge is -2.18. The fourth-order valence-corrected chi connectivity index (χ4v) is 1.58. The van der Waals surface area contributed by atoms with Gasteiger partial charge in [-0.1, -0.05) is 13.8 Å². The van der Waals surface area contributed by atoms with E-state index in [1.54, 1.807) is 19.2 Å². The minimum absolute atomic E-state index is 0.574. The van der Waals surface area contributed by atoms with Gasteiger partial charge in [-0.2, -0.15) is 4.98 Å². The first-order chi connectivity index (χ1) is 8.21. The van der Waals surface area contributed by atoms with E-state index in [9.17, 15) is 0 Å². The smallest absolute Gasteiger partial charge is 0.215 e. The maximum atomic E-state index is 5.83. The Morgan fingerprint density at radius 2 is 2.06 bits per heavy atom. The van der Waals surface area contributed by atoms with Crippen LogP contribution in [-0.4, -0.2) is 43.2 Å². The van der Waals surface area contributed by atoms with Crippen LogP contribution >= 0.6 is 0 Å². The van der Waals surface area contributed by atoms with Gasteiger partial charge < -0.3 is 20.7 Å². The standard InChI is InChI=1S/C12H22N4O/c1-4-16(5-2)9-8-14-12-10(13)6-7-11(15-12)17-3/h6-7H,4-5,8-9,13H2,1-3H3,(H,14,15). The summed E-state index contributed by atoms with van der Waals surface area (Å²) >= 11 is 0. The number of nitrogens with zero attached hydrogens (tertiary/aromatic N) is 2. The summed E-state index contributed by atoms with van der Waals surface area (Å²) < 4.78 is 5.06. The second-order valence-electron chi connectivity index (χ2n) is 3.75. The van der Waals surface area contributed by atoms with Gasteiger partial charge in [0.05, 0.1) is 12.8 Å². The second kappa shape index (κ2) is 6.96. The lowest BCUT2D eigenvalue weighted by molar-refractivity contribution is 0.316. The predicted octanol–water partition coefficient (Wildman–Crippen LogP) is 1.43. The number of anilines is 2. The van der Waals surface area contributed by atoms with Crippen LogP contribution in [0, 0.1) is 0 Å². The van der Waals surface area contributed by atoms with Crippen molar-refractivity contribution in [3.8, 4) is 5.88 Å². The molecule has 0 amide bonds. The van der Waals surface area contributed by atoms with Crippen LogP contribution in [0.15, 0.2) is 12.1 Å². The highest BCUT2D eigenvalue weighted by Gasteiger charge is 2.03. The molecule has 0 radical (unpaired) electrons. The van der Waals surface area contributed by atoms with Crippen LogP contribution in [-0.2, 0) is 0 Å². The highest BCUT2D eigenvalue weighted by Crippen LogP contribution is 2.18. The van der Waals surface area contributed by atoms with E-state index in [-0.39, 0.29) is 0 Å². The highest BCUT2D eigenvalue weighted by atomic mass is 16.5. The average molecular weight is 238 g/mol. The van der Waals surface area contributed by atoms with Crippen molar-refractivity contribution in [2.24, 2.45) is 0 Å². The summed E-state index contributed by atoms with van der Waals surface area (Å²) in [5.74, 6) is 1.26. The van der Waals surface area contributed by atoms with Crippen molar-refractivity contribution in [2.75, 3.05) is 44.3 Å². The molecule has 0 fully saturated rings. The number of nitrogens with two attached hydrogens (primary N) is 1. The highest BCUT2D eigenvalue weighted by molar-refractivity contribution is 5.61. The molecule has 1 rings (SSSR count). The third-order valence-electron chi connectivity index (χ3n) is 2.72. The van der Waals surface area contributed by atoms with E-state index in [1.165, 1.54) is 0 Å². The van der Waals surface area contributed by atoms with Gasteiger partial charge in [0, 0.05) is 19.2 Å². The van der Waals surface area contributed by atoms with E-state index in [1.807, 2.05) is 0 Å². The summed E-state index contributed by atoms with van der Waals surface area (Å²) in [6.45, 7) is 8.22. The molecule has 0 atom stereocenters. The van der Waals surface area contributed by atoms with Crippen LogP contribution in [0.3, 0.4) is 0 Å². The van der Waals surface area contributed by atoms with Gasteiger partial charge >= 0.3 is 0 Å². The van der Waals surface area contributed by atoms with Crippen LogP contribution in [0.4, 0.5) is 11.5 Å². The van der Waals surface area contributed by atoms with E-state index in [0.29, 0.717) is 17.4 Å². The van der Waals surface area contributed by atoms with Crippen LogP contribution in [0.1, 0.15) is 13.8 Å². The number of nitrogens with one attached hydrogen (secondary N) is 1. The molecule has 0 aliphatic rings. The van der Waals surface area contributed by atoms with Gasteiger partial charge in [0.1, 0.15) is 0 Å². The Balaban J connectivity index is 2.50. The first-order valence-corrected chi connectivity index (χ1v) is 5.98. The third-order valence-corrected chi connectivity index (χ3v) is 2.72. The molecule has 5 heteroatoms. The van der Waals surface area contributed by atoms with Gasteiger partial charge in [-0.25, -0.2) is 0 Å². The lowest BCUT2D eigenvalue weighted by atomic mass is 10.4. The molecule has 0 aliphatic heterocycles. The number of likely N-dealkylation sites (N-methyl/N-ethyl adjacent to an activating group) is 1. The Hall–Kier alpha value is -1.49. The molecular formula is C12H22N4O. The lowest BCUT2D eigenvalue weighted by Crippen LogP contribution is -2.28. The molecule has 1 aromatic heterocycles. The Labute approximate surface area is 103 Å². The van der Waals surface area contributed by atoms with E-state index < -0.39 is 0 Å². The van der Waals surface area contributed by atoms with Crippen LogP contribution in [0.5, 0.6) is 5.88 Å². The van der Waals surface area contributed by atoms with Crippen molar-refractivity contribution >= 4 is 11.5 Å². The fourth-order valence-electron chi connectivity index (χ4n) is 1.58. The monoisotopic (exact) mass is 238 g/mol. The van der Waals surface area contributed by atoms with Crippen molar-refractivity contribution < 1.29 is 4.74 Å². The molecule has 3 N–H and O–H groups in total. The predicted molar refractivity (Wildman–Crippen MR) is 71.5 cm³/mol. The van der Waals surface area contributed by atoms with Crippen molar-refractivity contribution in [3.63, 3.8) is 0 Å². The van der Waals surface area contributed by atoms with Crippen LogP contribution in [0.25, 0.3) is 0 Å². The molecule has 0 aliphatic carbocycles. The molecule has 0 aromatic carbocycles. The van der Waals surface area contributed by atoms with Crippen molar-refractivity contribution in [2.45, 2.75) is 13.8 Å². The van der Waals surface area contributed by atoms with E-state index >= 15 is 0 Å². The molecule has 1 heterocycles. The molecular weight excluding hydrogens is 216 g/mol. The van der Waals surface area contributed by atoms with E-state index in [0.717, 1.165) is 26.2 Å². The van der Waals surface area contributed by atoms with Gasteiger partial charge in [0.15, 0.2) is 5.82 Å². The van der Waals surface area contributed by atoms with E-state index in [4.69, 9.17) is 10.5 Å². The number of ether oxygens (including phenoxy) is 1. The minimum Gasteiger partial charge on any atom is -0.481 e. The van der Waals surface area contributed by atoms with Crippen molar-refractivity contribution in [1.29, 1.82) is 0 Å². The van der Waals surface area contributed by atoms with Gasteiger partial charge in [0.25, 0.3) is 0 Å². The van der Waals surface area contributed by atoms with Crippen molar-refractivity contribution in [1.82, 2.24) is 9.88 Å². The molecule has 5 nitrogen and oxygen atoms in total. The molecule has 1 aromatic rings. The summed E-state index contributed by atoms with van der Waals surface area (Å²) in [6.07, 6.45) is 0. The second-order valence-corrected chi connectivity index (χ2v) is 3.75. The maximum Gasteiger partial charge on any atom is 0.215 e. The first kappa shape index (κ1) is 13.6. The normalized spacial score (nSPS) is 10.6. The number of aromatic nitrogens is 1. The Morgan fingerprint density at radius 3 is 2.65 bits per heavy atom. The summed E-state index contributed by atoms with van der Waals surface area (Å²) in [4.78, 5) is 6.60. The zero-order chi connectivity index (χ0) is 12.7. The fraction of sp³-hybridized carbons (Fsp3) is 0.583. The van der Waals surface area contributed by atoms with Gasteiger partial charge in [-0.3, -0.25) is 0 Å². The molecule has 0 saturated carbocycles. The Kier molecular flexibility index (Phi) is 5.56. The molecule has 0 saturated heterocycles. The number of rotatable bonds is 7. The van der Waals surface area contributed by atoms with Gasteiger partial charge in [-0.05, 0) is 19.2 Å². The number of methoxy groups -OCH3 is 1. The Bertz CT molecular complexity index is 339. The molecule has 0 spiro atoms. The molecule has 96 valence electrons. The summed E-state index contributed by atoms with van der Waals surface area (Å²) in [5.41, 5.74) is 6.48. The molecule has 0 bridgehead atoms. The largest absolute Gasteiger partial charge is 0.481 e. The minimum atomic E-state index is 0.574. The number of pyridine rings is 1. The topological polar surface area (TPSA) is 63.4 Å². The van der Waals surface area contributed by atoms with Crippen LogP contribution < -0.4 is 15.8 Å². The van der Waals surface area contributed by atoms with Crippen molar-refractivity contribution in [3.05, 3.63) is 12.1 Å². The quantitative estimate of drug-likeness (QED) is 0.752. The molecule has 0 unspecified atom stereocenters. The number of nitrogen functional groups attached to an aromatic ring is 1. The average Bonchev–Trinajstić information content (AvgIpc) is 2.36. The Morgan fingerprint density at radius 1 is 1.35 bits per heavy atom. The van der Waals surface area contributed by atoms with Gasteiger partial charge in [-0.15, -0.1) is 0 Å². The first-order valence-electron chi connectivity index (χ1n) is 5.98. The van der Waals surface area contributed by atoms with E-state index in [2.05, 4.69) is 29.0 Å². The zero-order valence-electron chi connectivity index (χ0n) is 10.9. The molecule has 17 heavy (non-hydrogen) atoms. The number of hydrogen-bond donors (Lipinski definition) is 2. The summed E-state index contributed by atoms with van der Waals surface area (Å²) in [5, 5.41) is 3.23.